The number of hydrogen-bond donors (Lipinski definition) is 1. The standard InChI is InChI=1S/C47H50ClN7O5/c48-39-25-35(6-3-33(39)26-49)54-24-15-46(29-54)13-22-52(23-14-46)34-4-1-32(2-5-34)44(58)53-18-11-31(12-19-53)27-51-20-16-47(17-21-51)30-60-42-37-28-55(40-9-10-41(56)50-43(40)57)45(59)36(37)7-8-38(42)47/h1-8,25,31H,9-24,27-30H2/p+1. The monoisotopic (exact) mass is 828 g/mol. The fourth-order valence-electron chi connectivity index (χ4n) is 11.2. The number of imide groups is 1. The lowest BCUT2D eigenvalue weighted by Gasteiger charge is -2.41. The SMILES string of the molecule is N#Cc1ccc(N2CCC3(CCN(c4ccc(C(=O)N5CCC(CN6CCC7(CC6)COc6c7ccc7c6C[N+](=C6CCC(=O)NC6=O)C7=O)CC5)cc4)CC3)C2)cc1Cl. The zero-order valence-corrected chi connectivity index (χ0v) is 34.8. The molecule has 0 aliphatic carbocycles. The average Bonchev–Trinajstić information content (AvgIpc) is 3.95. The summed E-state index contributed by atoms with van der Waals surface area (Å²) in [5, 5.41) is 12.1. The summed E-state index contributed by atoms with van der Waals surface area (Å²) in [6.07, 6.45) is 7.86. The van der Waals surface area contributed by atoms with Crippen molar-refractivity contribution in [3.63, 3.8) is 0 Å². The van der Waals surface area contributed by atoms with Crippen molar-refractivity contribution >= 4 is 52.3 Å². The Morgan fingerprint density at radius 1 is 0.867 bits per heavy atom. The van der Waals surface area contributed by atoms with Crippen LogP contribution >= 0.6 is 11.6 Å². The van der Waals surface area contributed by atoms with E-state index in [0.29, 0.717) is 46.3 Å². The van der Waals surface area contributed by atoms with Crippen molar-refractivity contribution < 1.29 is 28.5 Å². The van der Waals surface area contributed by atoms with E-state index in [-0.39, 0.29) is 36.0 Å². The van der Waals surface area contributed by atoms with E-state index in [9.17, 15) is 24.4 Å². The third-order valence-electron chi connectivity index (χ3n) is 15.0. The summed E-state index contributed by atoms with van der Waals surface area (Å²) in [6.45, 7) is 9.47. The van der Waals surface area contributed by atoms with Crippen molar-refractivity contribution in [1.29, 1.82) is 5.26 Å². The summed E-state index contributed by atoms with van der Waals surface area (Å²) >= 11 is 6.34. The van der Waals surface area contributed by atoms with E-state index in [0.717, 1.165) is 126 Å². The predicted molar refractivity (Wildman–Crippen MR) is 227 cm³/mol. The zero-order chi connectivity index (χ0) is 41.2. The fourth-order valence-corrected chi connectivity index (χ4v) is 11.4. The maximum atomic E-state index is 13.6. The average molecular weight is 829 g/mol. The van der Waals surface area contributed by atoms with Gasteiger partial charge >= 0.3 is 11.8 Å². The number of piperidine rings is 4. The van der Waals surface area contributed by atoms with Crippen LogP contribution in [0.1, 0.15) is 95.2 Å². The largest absolute Gasteiger partial charge is 0.492 e. The maximum absolute atomic E-state index is 13.6. The summed E-state index contributed by atoms with van der Waals surface area (Å²) in [5.41, 5.74) is 6.73. The number of fused-ring (bicyclic) bond motifs is 4. The van der Waals surface area contributed by atoms with Gasteiger partial charge in [0.05, 0.1) is 22.8 Å². The quantitative estimate of drug-likeness (QED) is 0.261. The van der Waals surface area contributed by atoms with Crippen LogP contribution < -0.4 is 19.9 Å². The van der Waals surface area contributed by atoms with Crippen LogP contribution in [0.2, 0.25) is 5.02 Å². The number of carbonyl (C=O) groups excluding carboxylic acids is 4. The first-order valence-corrected chi connectivity index (χ1v) is 22.1. The molecule has 2 spiro atoms. The minimum atomic E-state index is -0.481. The van der Waals surface area contributed by atoms with Crippen molar-refractivity contribution in [2.75, 3.05) is 75.3 Å². The Morgan fingerprint density at radius 2 is 1.58 bits per heavy atom. The maximum Gasteiger partial charge on any atom is 0.420 e. The number of benzene rings is 3. The molecule has 7 heterocycles. The number of hydrogen-bond acceptors (Lipinski definition) is 9. The highest BCUT2D eigenvalue weighted by Crippen LogP contribution is 2.49. The topological polar surface area (TPSA) is 129 Å². The lowest BCUT2D eigenvalue weighted by atomic mass is 9.73. The molecule has 0 unspecified atom stereocenters. The number of anilines is 2. The first-order chi connectivity index (χ1) is 29.1. The molecule has 4 amide bonds. The first kappa shape index (κ1) is 38.9. The van der Waals surface area contributed by atoms with Gasteiger partial charge in [-0.2, -0.15) is 9.84 Å². The molecule has 0 atom stereocenters. The molecule has 310 valence electrons. The fraction of sp³-hybridized carbons (Fsp3) is 0.489. The van der Waals surface area contributed by atoms with E-state index < -0.39 is 5.91 Å². The lowest BCUT2D eigenvalue weighted by Crippen LogP contribution is -2.47. The van der Waals surface area contributed by atoms with Crippen LogP contribution in [0.15, 0.2) is 54.6 Å². The highest BCUT2D eigenvalue weighted by Gasteiger charge is 2.49. The predicted octanol–water partition coefficient (Wildman–Crippen LogP) is 5.53. The van der Waals surface area contributed by atoms with Gasteiger partial charge in [-0.15, -0.1) is 0 Å². The second-order valence-corrected chi connectivity index (χ2v) is 18.7. The number of nitrogens with one attached hydrogen (secondary N) is 1. The third kappa shape index (κ3) is 6.93. The summed E-state index contributed by atoms with van der Waals surface area (Å²) in [6, 6.07) is 20.1. The van der Waals surface area contributed by atoms with Gasteiger partial charge in [0.15, 0.2) is 6.54 Å². The molecule has 5 saturated heterocycles. The van der Waals surface area contributed by atoms with Gasteiger partial charge in [0.2, 0.25) is 5.91 Å². The molecule has 5 fully saturated rings. The molecule has 13 heteroatoms. The molecule has 7 aliphatic heterocycles. The molecule has 10 rings (SSSR count). The van der Waals surface area contributed by atoms with Crippen LogP contribution in [0.25, 0.3) is 0 Å². The summed E-state index contributed by atoms with van der Waals surface area (Å²) in [4.78, 5) is 60.7. The molecule has 60 heavy (non-hydrogen) atoms. The van der Waals surface area contributed by atoms with Gasteiger partial charge < -0.3 is 24.3 Å². The van der Waals surface area contributed by atoms with Crippen molar-refractivity contribution in [2.45, 2.75) is 69.7 Å². The molecule has 3 aromatic rings. The van der Waals surface area contributed by atoms with E-state index in [2.05, 4.69) is 44.3 Å². The van der Waals surface area contributed by atoms with Gasteiger partial charge in [-0.3, -0.25) is 19.7 Å². The molecule has 7 aliphatic rings. The number of ether oxygens (including phenoxy) is 1. The number of amides is 4. The van der Waals surface area contributed by atoms with Crippen molar-refractivity contribution in [2.24, 2.45) is 11.3 Å². The number of nitrogens with zero attached hydrogens (tertiary/aromatic N) is 6. The first-order valence-electron chi connectivity index (χ1n) is 21.7. The Bertz CT molecular complexity index is 2350. The van der Waals surface area contributed by atoms with Gasteiger partial charge in [-0.05, 0) is 118 Å². The summed E-state index contributed by atoms with van der Waals surface area (Å²) in [7, 11) is 0. The Kier molecular flexibility index (Phi) is 9.95. The Balaban J connectivity index is 0.686. The van der Waals surface area contributed by atoms with Crippen LogP contribution in [0.5, 0.6) is 5.75 Å². The normalized spacial score (nSPS) is 23.8. The molecule has 3 aromatic carbocycles. The van der Waals surface area contributed by atoms with Crippen molar-refractivity contribution in [1.82, 2.24) is 15.1 Å². The van der Waals surface area contributed by atoms with E-state index in [1.54, 1.807) is 0 Å². The van der Waals surface area contributed by atoms with Crippen LogP contribution in [0, 0.1) is 22.7 Å². The Morgan fingerprint density at radius 3 is 2.28 bits per heavy atom. The van der Waals surface area contributed by atoms with E-state index in [4.69, 9.17) is 16.3 Å². The van der Waals surface area contributed by atoms with Crippen LogP contribution in [-0.2, 0) is 21.5 Å². The van der Waals surface area contributed by atoms with Crippen molar-refractivity contribution in [3.8, 4) is 11.8 Å². The van der Waals surface area contributed by atoms with E-state index in [1.807, 2.05) is 41.3 Å². The molecule has 12 nitrogen and oxygen atoms in total. The van der Waals surface area contributed by atoms with Crippen LogP contribution in [0.4, 0.5) is 11.4 Å². The summed E-state index contributed by atoms with van der Waals surface area (Å²) < 4.78 is 7.91. The van der Waals surface area contributed by atoms with E-state index in [1.165, 1.54) is 15.8 Å². The van der Waals surface area contributed by atoms with Crippen LogP contribution in [-0.4, -0.2) is 109 Å². The smallest absolute Gasteiger partial charge is 0.420 e. The Hall–Kier alpha value is -5.25. The molecular weight excluding hydrogens is 778 g/mol. The molecule has 0 saturated carbocycles. The van der Waals surface area contributed by atoms with Gasteiger partial charge in [-0.1, -0.05) is 17.7 Å². The minimum Gasteiger partial charge on any atom is -0.492 e. The lowest BCUT2D eigenvalue weighted by molar-refractivity contribution is -0.438. The molecule has 0 aromatic heterocycles. The van der Waals surface area contributed by atoms with Gasteiger partial charge in [0, 0.05) is 86.6 Å². The van der Waals surface area contributed by atoms with Gasteiger partial charge in [0.1, 0.15) is 17.4 Å². The van der Waals surface area contributed by atoms with Crippen molar-refractivity contribution in [3.05, 3.63) is 87.4 Å². The minimum absolute atomic E-state index is 0.0812. The van der Waals surface area contributed by atoms with Gasteiger partial charge in [-0.25, -0.2) is 4.79 Å². The number of carbonyl (C=O) groups is 4. The second-order valence-electron chi connectivity index (χ2n) is 18.3. The highest BCUT2D eigenvalue weighted by atomic mass is 35.5. The van der Waals surface area contributed by atoms with Crippen LogP contribution in [0.3, 0.4) is 0 Å². The second kappa shape index (κ2) is 15.3. The van der Waals surface area contributed by atoms with Gasteiger partial charge in [0.25, 0.3) is 11.6 Å². The zero-order valence-electron chi connectivity index (χ0n) is 34.0. The van der Waals surface area contributed by atoms with E-state index >= 15 is 0 Å². The number of halogens is 1. The number of likely N-dealkylation sites (tertiary alicyclic amines) is 2. The summed E-state index contributed by atoms with van der Waals surface area (Å²) in [5.74, 6) is 0.493. The molecule has 0 radical (unpaired) electrons. The number of nitriles is 1. The number of rotatable bonds is 5. The Labute approximate surface area is 355 Å². The molecule has 1 N–H and O–H groups in total. The molecular formula is C47H51ClN7O5+. The third-order valence-corrected chi connectivity index (χ3v) is 15.3. The molecule has 0 bridgehead atoms. The highest BCUT2D eigenvalue weighted by molar-refractivity contribution is 6.42.